The summed E-state index contributed by atoms with van der Waals surface area (Å²) < 4.78 is 0. The molecular formula is C29H36N4O4. The van der Waals surface area contributed by atoms with Gasteiger partial charge in [-0.1, -0.05) is 61.9 Å². The van der Waals surface area contributed by atoms with E-state index in [9.17, 15) is 20.0 Å². The summed E-state index contributed by atoms with van der Waals surface area (Å²) in [6.07, 6.45) is 2.60. The number of hydrogen-bond acceptors (Lipinski definition) is 6. The van der Waals surface area contributed by atoms with Gasteiger partial charge in [0.2, 0.25) is 0 Å². The topological polar surface area (TPSA) is 113 Å². The van der Waals surface area contributed by atoms with Gasteiger partial charge in [0.05, 0.1) is 4.92 Å². The fourth-order valence-electron chi connectivity index (χ4n) is 5.31. The molecule has 1 aliphatic rings. The largest absolute Gasteiger partial charge is 0.396 e. The van der Waals surface area contributed by atoms with E-state index in [0.717, 1.165) is 42.3 Å². The Balaban J connectivity index is 1.54. The van der Waals surface area contributed by atoms with Crippen molar-refractivity contribution in [3.05, 3.63) is 88.0 Å². The van der Waals surface area contributed by atoms with Gasteiger partial charge < -0.3 is 15.7 Å². The summed E-state index contributed by atoms with van der Waals surface area (Å²) in [6, 6.07) is 19.7. The SMILES string of the molecule is CCCCN1CCN(C(=O)c2cccc3ccccc23)C[C@H]1C(N)[C@H](CO)Cc1ccc([N+](=O)[O-])cc1. The molecule has 1 heterocycles. The molecule has 0 spiro atoms. The number of benzene rings is 3. The summed E-state index contributed by atoms with van der Waals surface area (Å²) in [7, 11) is 0. The monoisotopic (exact) mass is 504 g/mol. The zero-order valence-corrected chi connectivity index (χ0v) is 21.3. The quantitative estimate of drug-likeness (QED) is 0.320. The molecular weight excluding hydrogens is 468 g/mol. The van der Waals surface area contributed by atoms with E-state index in [0.29, 0.717) is 25.1 Å². The van der Waals surface area contributed by atoms with E-state index in [2.05, 4.69) is 11.8 Å². The first-order valence-electron chi connectivity index (χ1n) is 13.0. The molecule has 1 unspecified atom stereocenters. The number of nitro benzene ring substituents is 1. The second-order valence-electron chi connectivity index (χ2n) is 9.88. The number of hydrogen-bond donors (Lipinski definition) is 2. The van der Waals surface area contributed by atoms with Crippen molar-refractivity contribution in [2.75, 3.05) is 32.8 Å². The van der Waals surface area contributed by atoms with E-state index < -0.39 is 4.92 Å². The molecule has 1 fully saturated rings. The van der Waals surface area contributed by atoms with E-state index in [1.54, 1.807) is 12.1 Å². The number of fused-ring (bicyclic) bond motifs is 1. The molecule has 0 saturated carbocycles. The van der Waals surface area contributed by atoms with Crippen LogP contribution in [0.15, 0.2) is 66.7 Å². The van der Waals surface area contributed by atoms with Gasteiger partial charge in [0.25, 0.3) is 11.6 Å². The van der Waals surface area contributed by atoms with Gasteiger partial charge in [0.1, 0.15) is 0 Å². The molecule has 0 aromatic heterocycles. The highest BCUT2D eigenvalue weighted by Crippen LogP contribution is 2.25. The number of unbranched alkanes of at least 4 members (excludes halogenated alkanes) is 1. The Morgan fingerprint density at radius 3 is 2.54 bits per heavy atom. The van der Waals surface area contributed by atoms with Crippen molar-refractivity contribution in [2.45, 2.75) is 38.3 Å². The van der Waals surface area contributed by atoms with Crippen LogP contribution in [-0.2, 0) is 6.42 Å². The number of nitrogens with zero attached hydrogens (tertiary/aromatic N) is 3. The molecule has 3 aromatic rings. The van der Waals surface area contributed by atoms with E-state index >= 15 is 0 Å². The number of aliphatic hydroxyl groups is 1. The number of aliphatic hydroxyl groups excluding tert-OH is 1. The van der Waals surface area contributed by atoms with Crippen molar-refractivity contribution < 1.29 is 14.8 Å². The van der Waals surface area contributed by atoms with Gasteiger partial charge in [-0.15, -0.1) is 0 Å². The lowest BCUT2D eigenvalue weighted by molar-refractivity contribution is -0.384. The molecule has 3 N–H and O–H groups in total. The minimum Gasteiger partial charge on any atom is -0.396 e. The number of rotatable bonds is 10. The van der Waals surface area contributed by atoms with Crippen LogP contribution in [0.25, 0.3) is 10.8 Å². The van der Waals surface area contributed by atoms with Crippen molar-refractivity contribution >= 4 is 22.4 Å². The Labute approximate surface area is 217 Å². The Kier molecular flexibility index (Phi) is 8.87. The summed E-state index contributed by atoms with van der Waals surface area (Å²) in [5, 5.41) is 23.2. The fraction of sp³-hybridized carbons (Fsp3) is 0.414. The smallest absolute Gasteiger partial charge is 0.269 e. The number of amides is 1. The Hall–Kier alpha value is -3.33. The van der Waals surface area contributed by atoms with Crippen LogP contribution in [0, 0.1) is 16.0 Å². The van der Waals surface area contributed by atoms with Gasteiger partial charge in [0, 0.05) is 61.9 Å². The Morgan fingerprint density at radius 2 is 1.84 bits per heavy atom. The van der Waals surface area contributed by atoms with E-state index in [1.165, 1.54) is 12.1 Å². The highest BCUT2D eigenvalue weighted by atomic mass is 16.6. The summed E-state index contributed by atoms with van der Waals surface area (Å²) in [5.41, 5.74) is 8.45. The number of nitrogens with two attached hydrogens (primary N) is 1. The van der Waals surface area contributed by atoms with Crippen molar-refractivity contribution in [3.8, 4) is 0 Å². The van der Waals surface area contributed by atoms with E-state index in [1.807, 2.05) is 47.4 Å². The molecule has 4 rings (SSSR count). The molecule has 1 saturated heterocycles. The maximum Gasteiger partial charge on any atom is 0.269 e. The molecule has 1 aliphatic heterocycles. The lowest BCUT2D eigenvalue weighted by Crippen LogP contribution is -2.63. The third-order valence-electron chi connectivity index (χ3n) is 7.51. The van der Waals surface area contributed by atoms with Gasteiger partial charge >= 0.3 is 0 Å². The zero-order chi connectivity index (χ0) is 26.4. The minimum absolute atomic E-state index is 0.0000545. The van der Waals surface area contributed by atoms with Crippen LogP contribution in [0.3, 0.4) is 0 Å². The van der Waals surface area contributed by atoms with E-state index in [4.69, 9.17) is 5.73 Å². The zero-order valence-electron chi connectivity index (χ0n) is 21.3. The number of nitro groups is 1. The Morgan fingerprint density at radius 1 is 1.11 bits per heavy atom. The maximum atomic E-state index is 13.7. The maximum absolute atomic E-state index is 13.7. The van der Waals surface area contributed by atoms with Crippen molar-refractivity contribution in [1.29, 1.82) is 0 Å². The minimum atomic E-state index is -0.422. The van der Waals surface area contributed by atoms with Crippen LogP contribution >= 0.6 is 0 Å². The molecule has 3 aromatic carbocycles. The lowest BCUT2D eigenvalue weighted by Gasteiger charge is -2.45. The van der Waals surface area contributed by atoms with Gasteiger partial charge in [-0.25, -0.2) is 0 Å². The summed E-state index contributed by atoms with van der Waals surface area (Å²) in [4.78, 5) is 28.5. The fourth-order valence-corrected chi connectivity index (χ4v) is 5.31. The van der Waals surface area contributed by atoms with Crippen molar-refractivity contribution in [2.24, 2.45) is 11.7 Å². The molecule has 37 heavy (non-hydrogen) atoms. The lowest BCUT2D eigenvalue weighted by atomic mass is 9.86. The Bertz CT molecular complexity index is 1210. The third kappa shape index (κ3) is 6.15. The van der Waals surface area contributed by atoms with Crippen LogP contribution in [0.5, 0.6) is 0 Å². The molecule has 0 bridgehead atoms. The second-order valence-corrected chi connectivity index (χ2v) is 9.88. The van der Waals surface area contributed by atoms with Crippen molar-refractivity contribution in [3.63, 3.8) is 0 Å². The first-order valence-corrected chi connectivity index (χ1v) is 13.0. The van der Waals surface area contributed by atoms with Crippen molar-refractivity contribution in [1.82, 2.24) is 9.80 Å². The number of non-ortho nitro benzene ring substituents is 1. The molecule has 1 amide bonds. The average Bonchev–Trinajstić information content (AvgIpc) is 2.94. The number of piperazine rings is 1. The van der Waals surface area contributed by atoms with Gasteiger partial charge in [-0.2, -0.15) is 0 Å². The molecule has 8 heteroatoms. The highest BCUT2D eigenvalue weighted by Gasteiger charge is 2.36. The second kappa shape index (κ2) is 12.3. The van der Waals surface area contributed by atoms with E-state index in [-0.39, 0.29) is 36.2 Å². The highest BCUT2D eigenvalue weighted by molar-refractivity contribution is 6.07. The first kappa shape index (κ1) is 26.7. The van der Waals surface area contributed by atoms with Crippen LogP contribution < -0.4 is 5.73 Å². The summed E-state index contributed by atoms with van der Waals surface area (Å²) >= 11 is 0. The number of carbonyl (C=O) groups is 1. The standard InChI is InChI=1S/C29H36N4O4/c1-2-3-15-31-16-17-32(29(35)26-10-6-8-22-7-4-5-9-25(22)26)19-27(31)28(30)23(20-34)18-21-11-13-24(14-12-21)33(36)37/h4-14,23,27-28,34H,2-3,15-20,30H2,1H3/t23-,27-,28?/m0/s1. The van der Waals surface area contributed by atoms with Crippen LogP contribution in [0.1, 0.15) is 35.7 Å². The molecule has 196 valence electrons. The summed E-state index contributed by atoms with van der Waals surface area (Å²) in [5.74, 6) is -0.247. The molecule has 8 nitrogen and oxygen atoms in total. The molecule has 0 aliphatic carbocycles. The predicted molar refractivity (Wildman–Crippen MR) is 145 cm³/mol. The van der Waals surface area contributed by atoms with Gasteiger partial charge in [-0.05, 0) is 41.8 Å². The van der Waals surface area contributed by atoms with Gasteiger partial charge in [0.15, 0.2) is 0 Å². The first-order chi connectivity index (χ1) is 17.9. The molecule has 3 atom stereocenters. The van der Waals surface area contributed by atoms with Crippen LogP contribution in [-0.4, -0.2) is 70.6 Å². The predicted octanol–water partition coefficient (Wildman–Crippen LogP) is 3.85. The van der Waals surface area contributed by atoms with Crippen LogP contribution in [0.2, 0.25) is 0 Å². The third-order valence-corrected chi connectivity index (χ3v) is 7.51. The molecule has 0 radical (unpaired) electrons. The van der Waals surface area contributed by atoms with Crippen LogP contribution in [0.4, 0.5) is 5.69 Å². The number of carbonyl (C=O) groups excluding carboxylic acids is 1. The normalized spacial score (nSPS) is 18.0. The summed E-state index contributed by atoms with van der Waals surface area (Å²) in [6.45, 7) is 4.78. The average molecular weight is 505 g/mol. The van der Waals surface area contributed by atoms with Gasteiger partial charge in [-0.3, -0.25) is 19.8 Å².